The van der Waals surface area contributed by atoms with Crippen LogP contribution in [0.4, 0.5) is 0 Å². The highest BCUT2D eigenvalue weighted by molar-refractivity contribution is 7.07. The maximum atomic E-state index is 3.69. The molecule has 0 aliphatic heterocycles. The van der Waals surface area contributed by atoms with Gasteiger partial charge in [-0.15, -0.1) is 0 Å². The van der Waals surface area contributed by atoms with Gasteiger partial charge < -0.3 is 5.32 Å². The molecule has 2 atom stereocenters. The first-order valence-electron chi connectivity index (χ1n) is 5.98. The largest absolute Gasteiger partial charge is 0.310 e. The summed E-state index contributed by atoms with van der Waals surface area (Å²) in [5.74, 6) is 1.79. The highest BCUT2D eigenvalue weighted by atomic mass is 32.1. The van der Waals surface area contributed by atoms with Crippen LogP contribution in [0.15, 0.2) is 16.8 Å². The molecule has 1 aliphatic carbocycles. The van der Waals surface area contributed by atoms with Gasteiger partial charge in [0.25, 0.3) is 0 Å². The minimum absolute atomic E-state index is 0.739. The third-order valence-electron chi connectivity index (χ3n) is 3.35. The lowest BCUT2D eigenvalue weighted by Crippen LogP contribution is -2.35. The van der Waals surface area contributed by atoms with E-state index in [4.69, 9.17) is 0 Å². The van der Waals surface area contributed by atoms with Gasteiger partial charge in [-0.1, -0.05) is 13.8 Å². The first-order chi connectivity index (χ1) is 7.24. The lowest BCUT2D eigenvalue weighted by atomic mass is 9.80. The van der Waals surface area contributed by atoms with Gasteiger partial charge in [0.1, 0.15) is 0 Å². The summed E-state index contributed by atoms with van der Waals surface area (Å²) in [7, 11) is 0. The summed E-state index contributed by atoms with van der Waals surface area (Å²) in [6, 6.07) is 2.96. The van der Waals surface area contributed by atoms with E-state index in [1.165, 1.54) is 24.8 Å². The van der Waals surface area contributed by atoms with Crippen LogP contribution < -0.4 is 5.32 Å². The lowest BCUT2D eigenvalue weighted by Gasteiger charge is -2.32. The van der Waals surface area contributed by atoms with Crippen molar-refractivity contribution in [2.45, 2.75) is 45.7 Å². The molecule has 1 aromatic heterocycles. The van der Waals surface area contributed by atoms with Gasteiger partial charge in [0.15, 0.2) is 0 Å². The Hall–Kier alpha value is -0.340. The van der Waals surface area contributed by atoms with Crippen LogP contribution in [0.2, 0.25) is 0 Å². The first kappa shape index (κ1) is 11.2. The molecule has 2 unspecified atom stereocenters. The Kier molecular flexibility index (Phi) is 3.81. The van der Waals surface area contributed by atoms with E-state index >= 15 is 0 Å². The van der Waals surface area contributed by atoms with Crippen molar-refractivity contribution < 1.29 is 0 Å². The highest BCUT2D eigenvalue weighted by Gasteiger charge is 2.23. The summed E-state index contributed by atoms with van der Waals surface area (Å²) < 4.78 is 0. The molecule has 1 heterocycles. The van der Waals surface area contributed by atoms with Crippen LogP contribution >= 0.6 is 11.3 Å². The minimum Gasteiger partial charge on any atom is -0.310 e. The Bertz CT molecular complexity index is 271. The van der Waals surface area contributed by atoms with E-state index in [1.54, 1.807) is 11.3 Å². The third kappa shape index (κ3) is 3.32. The maximum absolute atomic E-state index is 3.69. The van der Waals surface area contributed by atoms with Gasteiger partial charge in [-0.25, -0.2) is 0 Å². The zero-order valence-corrected chi connectivity index (χ0v) is 10.5. The Morgan fingerprint density at radius 3 is 2.60 bits per heavy atom. The molecule has 1 N–H and O–H groups in total. The number of hydrogen-bond donors (Lipinski definition) is 1. The van der Waals surface area contributed by atoms with Crippen molar-refractivity contribution in [3.63, 3.8) is 0 Å². The summed E-state index contributed by atoms with van der Waals surface area (Å²) >= 11 is 1.79. The monoisotopic (exact) mass is 223 g/mol. The van der Waals surface area contributed by atoms with Crippen LogP contribution in [0.3, 0.4) is 0 Å². The topological polar surface area (TPSA) is 12.0 Å². The lowest BCUT2D eigenvalue weighted by molar-refractivity contribution is 0.238. The summed E-state index contributed by atoms with van der Waals surface area (Å²) in [5, 5.41) is 8.09. The van der Waals surface area contributed by atoms with Crippen LogP contribution in [-0.2, 0) is 6.54 Å². The molecule has 1 fully saturated rings. The SMILES string of the molecule is CC1CC(C)CC(NCc2ccsc2)C1. The Labute approximate surface area is 96.9 Å². The predicted octanol–water partition coefficient (Wildman–Crippen LogP) is 3.66. The van der Waals surface area contributed by atoms with E-state index < -0.39 is 0 Å². The third-order valence-corrected chi connectivity index (χ3v) is 4.09. The molecule has 1 aromatic rings. The average molecular weight is 223 g/mol. The van der Waals surface area contributed by atoms with Crippen molar-refractivity contribution in [1.82, 2.24) is 5.32 Å². The second kappa shape index (κ2) is 5.13. The van der Waals surface area contributed by atoms with Gasteiger partial charge in [0, 0.05) is 12.6 Å². The fraction of sp³-hybridized carbons (Fsp3) is 0.692. The quantitative estimate of drug-likeness (QED) is 0.824. The number of hydrogen-bond acceptors (Lipinski definition) is 2. The smallest absolute Gasteiger partial charge is 0.0216 e. The van der Waals surface area contributed by atoms with Gasteiger partial charge in [-0.05, 0) is 53.5 Å². The summed E-state index contributed by atoms with van der Waals surface area (Å²) in [4.78, 5) is 0. The van der Waals surface area contributed by atoms with Crippen LogP contribution in [0, 0.1) is 11.8 Å². The van der Waals surface area contributed by atoms with E-state index in [0.29, 0.717) is 0 Å². The van der Waals surface area contributed by atoms with Crippen LogP contribution in [-0.4, -0.2) is 6.04 Å². The van der Waals surface area contributed by atoms with E-state index in [1.807, 2.05) is 0 Å². The standard InChI is InChI=1S/C13H21NS/c1-10-5-11(2)7-13(6-10)14-8-12-3-4-15-9-12/h3-4,9-11,13-14H,5-8H2,1-2H3. The molecule has 0 amide bonds. The number of nitrogens with one attached hydrogen (secondary N) is 1. The Morgan fingerprint density at radius 1 is 1.27 bits per heavy atom. The molecule has 1 saturated carbocycles. The Balaban J connectivity index is 1.79. The van der Waals surface area contributed by atoms with Crippen molar-refractivity contribution in [3.8, 4) is 0 Å². The van der Waals surface area contributed by atoms with Gasteiger partial charge in [0.2, 0.25) is 0 Å². The maximum Gasteiger partial charge on any atom is 0.0216 e. The van der Waals surface area contributed by atoms with Crippen LogP contribution in [0.5, 0.6) is 0 Å². The molecule has 84 valence electrons. The van der Waals surface area contributed by atoms with Crippen molar-refractivity contribution in [1.29, 1.82) is 0 Å². The first-order valence-corrected chi connectivity index (χ1v) is 6.92. The van der Waals surface area contributed by atoms with Crippen LogP contribution in [0.25, 0.3) is 0 Å². The average Bonchev–Trinajstić information content (AvgIpc) is 2.65. The van der Waals surface area contributed by atoms with Crippen molar-refractivity contribution in [2.24, 2.45) is 11.8 Å². The molecule has 0 spiro atoms. The number of thiophene rings is 1. The van der Waals surface area contributed by atoms with Crippen LogP contribution in [0.1, 0.15) is 38.7 Å². The molecule has 1 aliphatic rings. The van der Waals surface area contributed by atoms with Gasteiger partial charge in [-0.2, -0.15) is 11.3 Å². The molecule has 2 rings (SSSR count). The fourth-order valence-corrected chi connectivity index (χ4v) is 3.44. The number of rotatable bonds is 3. The Morgan fingerprint density at radius 2 is 2.00 bits per heavy atom. The molecule has 15 heavy (non-hydrogen) atoms. The normalized spacial score (nSPS) is 31.7. The van der Waals surface area contributed by atoms with Crippen molar-refractivity contribution in [2.75, 3.05) is 0 Å². The molecular weight excluding hydrogens is 202 g/mol. The molecule has 0 aromatic carbocycles. The fourth-order valence-electron chi connectivity index (χ4n) is 2.77. The predicted molar refractivity (Wildman–Crippen MR) is 67.1 cm³/mol. The van der Waals surface area contributed by atoms with E-state index in [0.717, 1.165) is 24.4 Å². The van der Waals surface area contributed by atoms with Gasteiger partial charge in [-0.3, -0.25) is 0 Å². The molecule has 1 nitrogen and oxygen atoms in total. The summed E-state index contributed by atoms with van der Waals surface area (Å²) in [6.07, 6.45) is 4.12. The van der Waals surface area contributed by atoms with Gasteiger partial charge in [0.05, 0.1) is 0 Å². The van der Waals surface area contributed by atoms with Gasteiger partial charge >= 0.3 is 0 Å². The molecular formula is C13H21NS. The molecule has 0 saturated heterocycles. The van der Waals surface area contributed by atoms with E-state index in [-0.39, 0.29) is 0 Å². The van der Waals surface area contributed by atoms with E-state index in [2.05, 4.69) is 36.0 Å². The zero-order valence-electron chi connectivity index (χ0n) is 9.70. The highest BCUT2D eigenvalue weighted by Crippen LogP contribution is 2.28. The van der Waals surface area contributed by atoms with E-state index in [9.17, 15) is 0 Å². The second-order valence-corrected chi connectivity index (χ2v) is 5.91. The van der Waals surface area contributed by atoms with Crippen molar-refractivity contribution >= 4 is 11.3 Å². The summed E-state index contributed by atoms with van der Waals surface area (Å²) in [5.41, 5.74) is 1.44. The minimum atomic E-state index is 0.739. The molecule has 2 heteroatoms. The molecule has 0 bridgehead atoms. The zero-order chi connectivity index (χ0) is 10.7. The van der Waals surface area contributed by atoms with Crippen molar-refractivity contribution in [3.05, 3.63) is 22.4 Å². The summed E-state index contributed by atoms with van der Waals surface area (Å²) in [6.45, 7) is 5.82. The molecule has 0 radical (unpaired) electrons. The second-order valence-electron chi connectivity index (χ2n) is 5.13.